The molecule has 2 aliphatic carbocycles. The van der Waals surface area contributed by atoms with Crippen molar-refractivity contribution in [2.45, 2.75) is 45.4 Å². The monoisotopic (exact) mass is 138 g/mol. The van der Waals surface area contributed by atoms with E-state index in [0.717, 1.165) is 17.8 Å². The summed E-state index contributed by atoms with van der Waals surface area (Å²) < 4.78 is 0. The molecular formula is C10H18. The van der Waals surface area contributed by atoms with Gasteiger partial charge in [-0.1, -0.05) is 32.6 Å². The summed E-state index contributed by atoms with van der Waals surface area (Å²) in [6.07, 6.45) is 9.21. The Morgan fingerprint density at radius 1 is 0.900 bits per heavy atom. The fraction of sp³-hybridized carbons (Fsp3) is 1.00. The molecule has 0 spiro atoms. The van der Waals surface area contributed by atoms with Crippen molar-refractivity contribution < 1.29 is 0 Å². The first-order chi connectivity index (χ1) is 4.88. The first-order valence-corrected chi connectivity index (χ1v) is 4.88. The molecule has 3 atom stereocenters. The van der Waals surface area contributed by atoms with Gasteiger partial charge in [0.1, 0.15) is 0 Å². The maximum Gasteiger partial charge on any atom is -0.0360 e. The highest BCUT2D eigenvalue weighted by Crippen LogP contribution is 2.45. The van der Waals surface area contributed by atoms with Crippen LogP contribution >= 0.6 is 0 Å². The van der Waals surface area contributed by atoms with E-state index in [1.54, 1.807) is 19.3 Å². The summed E-state index contributed by atoms with van der Waals surface area (Å²) in [5.74, 6) is 3.34. The summed E-state index contributed by atoms with van der Waals surface area (Å²) >= 11 is 0. The van der Waals surface area contributed by atoms with Gasteiger partial charge in [0.05, 0.1) is 0 Å². The molecule has 0 aromatic rings. The normalized spacial score (nSPS) is 47.1. The third kappa shape index (κ3) is 0.980. The van der Waals surface area contributed by atoms with Gasteiger partial charge in [0.15, 0.2) is 0 Å². The quantitative estimate of drug-likeness (QED) is 0.482. The van der Waals surface area contributed by atoms with E-state index in [9.17, 15) is 0 Å². The molecule has 2 rings (SSSR count). The highest BCUT2D eigenvalue weighted by atomic mass is 14.4. The van der Waals surface area contributed by atoms with Gasteiger partial charge in [-0.2, -0.15) is 0 Å². The molecule has 0 nitrogen and oxygen atoms in total. The molecule has 0 aliphatic heterocycles. The predicted molar refractivity (Wildman–Crippen MR) is 43.8 cm³/mol. The zero-order valence-electron chi connectivity index (χ0n) is 6.97. The molecule has 10 heavy (non-hydrogen) atoms. The average Bonchev–Trinajstić information content (AvgIpc) is 2.34. The van der Waals surface area contributed by atoms with Gasteiger partial charge in [-0.05, 0) is 30.6 Å². The molecule has 0 aromatic heterocycles. The van der Waals surface area contributed by atoms with Crippen molar-refractivity contribution in [2.24, 2.45) is 17.8 Å². The van der Waals surface area contributed by atoms with Crippen LogP contribution in [0.5, 0.6) is 0 Å². The minimum Gasteiger partial charge on any atom is -0.0622 e. The van der Waals surface area contributed by atoms with Crippen molar-refractivity contribution in [3.63, 3.8) is 0 Å². The van der Waals surface area contributed by atoms with Gasteiger partial charge in [0.25, 0.3) is 0 Å². The molecule has 0 saturated heterocycles. The summed E-state index contributed by atoms with van der Waals surface area (Å²) in [4.78, 5) is 0. The molecule has 0 aromatic carbocycles. The van der Waals surface area contributed by atoms with Crippen LogP contribution in [-0.2, 0) is 0 Å². The van der Waals surface area contributed by atoms with Crippen LogP contribution in [0.1, 0.15) is 45.4 Å². The Morgan fingerprint density at radius 2 is 1.70 bits per heavy atom. The molecule has 0 bridgehead atoms. The molecule has 2 saturated carbocycles. The molecule has 58 valence electrons. The lowest BCUT2D eigenvalue weighted by atomic mass is 9.79. The Morgan fingerprint density at radius 3 is 2.50 bits per heavy atom. The Balaban J connectivity index is 2.01. The van der Waals surface area contributed by atoms with Gasteiger partial charge in [-0.25, -0.2) is 0 Å². The van der Waals surface area contributed by atoms with Crippen LogP contribution in [0.4, 0.5) is 0 Å². The van der Waals surface area contributed by atoms with Gasteiger partial charge < -0.3 is 0 Å². The smallest absolute Gasteiger partial charge is 0.0360 e. The number of rotatable bonds is 0. The molecule has 2 fully saturated rings. The maximum atomic E-state index is 2.45. The minimum atomic E-state index is 1.06. The Labute approximate surface area is 64.0 Å². The summed E-state index contributed by atoms with van der Waals surface area (Å²) in [5, 5.41) is 0. The van der Waals surface area contributed by atoms with Crippen molar-refractivity contribution in [1.82, 2.24) is 0 Å². The van der Waals surface area contributed by atoms with Crippen LogP contribution in [0, 0.1) is 17.8 Å². The third-order valence-corrected chi connectivity index (χ3v) is 3.69. The number of hydrogen-bond acceptors (Lipinski definition) is 0. The molecular weight excluding hydrogens is 120 g/mol. The van der Waals surface area contributed by atoms with E-state index in [1.807, 2.05) is 0 Å². The van der Waals surface area contributed by atoms with E-state index >= 15 is 0 Å². The average molecular weight is 138 g/mol. The fourth-order valence-corrected chi connectivity index (χ4v) is 3.03. The van der Waals surface area contributed by atoms with Gasteiger partial charge in [0.2, 0.25) is 0 Å². The van der Waals surface area contributed by atoms with Gasteiger partial charge in [-0.15, -0.1) is 0 Å². The van der Waals surface area contributed by atoms with Crippen LogP contribution in [0.3, 0.4) is 0 Å². The Kier molecular flexibility index (Phi) is 1.71. The first-order valence-electron chi connectivity index (χ1n) is 4.88. The summed E-state index contributed by atoms with van der Waals surface area (Å²) in [6.45, 7) is 2.45. The summed E-state index contributed by atoms with van der Waals surface area (Å²) in [6, 6.07) is 0. The van der Waals surface area contributed by atoms with Crippen LogP contribution in [0.15, 0.2) is 0 Å². The van der Waals surface area contributed by atoms with E-state index in [4.69, 9.17) is 0 Å². The van der Waals surface area contributed by atoms with Gasteiger partial charge in [0, 0.05) is 0 Å². The lowest BCUT2D eigenvalue weighted by molar-refractivity contribution is 0.238. The lowest BCUT2D eigenvalue weighted by Gasteiger charge is -2.27. The predicted octanol–water partition coefficient (Wildman–Crippen LogP) is 3.22. The first kappa shape index (κ1) is 6.69. The van der Waals surface area contributed by atoms with Crippen molar-refractivity contribution in [2.75, 3.05) is 0 Å². The molecule has 0 amide bonds. The summed E-state index contributed by atoms with van der Waals surface area (Å²) in [7, 11) is 0. The van der Waals surface area contributed by atoms with Crippen LogP contribution in [-0.4, -0.2) is 0 Å². The molecule has 0 N–H and O–H groups in total. The molecule has 1 unspecified atom stereocenters. The zero-order valence-corrected chi connectivity index (χ0v) is 6.97. The van der Waals surface area contributed by atoms with Crippen LogP contribution < -0.4 is 0 Å². The maximum absolute atomic E-state index is 2.45. The van der Waals surface area contributed by atoms with Crippen LogP contribution in [0.2, 0.25) is 0 Å². The van der Waals surface area contributed by atoms with E-state index in [2.05, 4.69) is 6.92 Å². The molecule has 0 radical (unpaired) electrons. The van der Waals surface area contributed by atoms with E-state index in [-0.39, 0.29) is 0 Å². The van der Waals surface area contributed by atoms with Crippen molar-refractivity contribution in [3.8, 4) is 0 Å². The van der Waals surface area contributed by atoms with Crippen LogP contribution in [0.25, 0.3) is 0 Å². The van der Waals surface area contributed by atoms with E-state index < -0.39 is 0 Å². The lowest BCUT2D eigenvalue weighted by Crippen LogP contribution is -2.17. The van der Waals surface area contributed by atoms with Gasteiger partial charge >= 0.3 is 0 Å². The molecule has 0 heteroatoms. The molecule has 2 aliphatic rings. The second kappa shape index (κ2) is 2.56. The van der Waals surface area contributed by atoms with Crippen molar-refractivity contribution in [1.29, 1.82) is 0 Å². The number of fused-ring (bicyclic) bond motifs is 1. The SMILES string of the molecule is C[C@H]1CC[C@@H]2CCCCC21. The highest BCUT2D eigenvalue weighted by molar-refractivity contribution is 4.85. The Hall–Kier alpha value is 0. The molecule has 0 heterocycles. The second-order valence-electron chi connectivity index (χ2n) is 4.26. The van der Waals surface area contributed by atoms with Gasteiger partial charge in [-0.3, -0.25) is 0 Å². The highest BCUT2D eigenvalue weighted by Gasteiger charge is 2.34. The third-order valence-electron chi connectivity index (χ3n) is 3.69. The second-order valence-corrected chi connectivity index (χ2v) is 4.26. The standard InChI is InChI=1S/C10H18/c1-8-6-7-9-4-2-3-5-10(8)9/h8-10H,2-7H2,1H3/t8-,9-,10?/m0/s1. The largest absolute Gasteiger partial charge is 0.0622 e. The summed E-state index contributed by atoms with van der Waals surface area (Å²) in [5.41, 5.74) is 0. The zero-order chi connectivity index (χ0) is 6.97. The topological polar surface area (TPSA) is 0 Å². The number of hydrogen-bond donors (Lipinski definition) is 0. The van der Waals surface area contributed by atoms with E-state index in [0.29, 0.717) is 0 Å². The van der Waals surface area contributed by atoms with Crippen molar-refractivity contribution >= 4 is 0 Å². The Bertz CT molecular complexity index is 115. The minimum absolute atomic E-state index is 1.06. The van der Waals surface area contributed by atoms with Crippen molar-refractivity contribution in [3.05, 3.63) is 0 Å². The fourth-order valence-electron chi connectivity index (χ4n) is 3.03. The van der Waals surface area contributed by atoms with E-state index in [1.165, 1.54) is 19.3 Å².